The third kappa shape index (κ3) is 5.65. The minimum Gasteiger partial charge on any atom is -0.326 e. The van der Waals surface area contributed by atoms with E-state index in [1.165, 1.54) is 18.7 Å². The first-order valence-electron chi connectivity index (χ1n) is 8.71. The number of carbonyl (C=O) groups is 2. The van der Waals surface area contributed by atoms with Crippen LogP contribution >= 0.6 is 11.8 Å². The van der Waals surface area contributed by atoms with E-state index in [2.05, 4.69) is 20.6 Å². The van der Waals surface area contributed by atoms with Crippen LogP contribution in [0.1, 0.15) is 12.6 Å². The van der Waals surface area contributed by atoms with Gasteiger partial charge in [0.15, 0.2) is 5.16 Å². The van der Waals surface area contributed by atoms with Crippen LogP contribution in [0, 0.1) is 6.92 Å². The fourth-order valence-corrected chi connectivity index (χ4v) is 3.23. The Kier molecular flexibility index (Phi) is 6.39. The molecule has 0 bridgehead atoms. The summed E-state index contributed by atoms with van der Waals surface area (Å²) in [7, 11) is 0. The number of amides is 2. The van der Waals surface area contributed by atoms with Gasteiger partial charge in [0, 0.05) is 29.6 Å². The molecule has 0 saturated carbocycles. The lowest BCUT2D eigenvalue weighted by Gasteiger charge is -2.08. The third-order valence-corrected chi connectivity index (χ3v) is 4.57. The van der Waals surface area contributed by atoms with Crippen LogP contribution in [0.15, 0.2) is 65.8 Å². The van der Waals surface area contributed by atoms with Gasteiger partial charge in [-0.25, -0.2) is 9.97 Å². The fraction of sp³-hybridized carbons (Fsp3) is 0.143. The molecule has 0 radical (unpaired) electrons. The Morgan fingerprint density at radius 2 is 1.57 bits per heavy atom. The van der Waals surface area contributed by atoms with Crippen LogP contribution in [0.2, 0.25) is 0 Å². The SMILES string of the molecule is CC(=O)Nc1ccc(NC(=O)CSc2nc(C)cc(-c3ccccc3)n2)cc1. The molecule has 1 aromatic heterocycles. The van der Waals surface area contributed by atoms with Crippen LogP contribution in [-0.4, -0.2) is 27.5 Å². The van der Waals surface area contributed by atoms with Crippen molar-refractivity contribution in [2.75, 3.05) is 16.4 Å². The summed E-state index contributed by atoms with van der Waals surface area (Å²) < 4.78 is 0. The molecule has 0 saturated heterocycles. The topological polar surface area (TPSA) is 84.0 Å². The molecule has 0 unspecified atom stereocenters. The second-order valence-corrected chi connectivity index (χ2v) is 7.08. The van der Waals surface area contributed by atoms with E-state index in [0.29, 0.717) is 16.5 Å². The van der Waals surface area contributed by atoms with Crippen LogP contribution in [0.4, 0.5) is 11.4 Å². The average Bonchev–Trinajstić information content (AvgIpc) is 2.68. The molecule has 2 N–H and O–H groups in total. The van der Waals surface area contributed by atoms with E-state index in [4.69, 9.17) is 0 Å². The zero-order valence-corrected chi connectivity index (χ0v) is 16.4. The Morgan fingerprint density at radius 3 is 2.21 bits per heavy atom. The number of carbonyl (C=O) groups excluding carboxylic acids is 2. The van der Waals surface area contributed by atoms with E-state index in [9.17, 15) is 9.59 Å². The van der Waals surface area contributed by atoms with Crippen LogP contribution in [0.25, 0.3) is 11.3 Å². The van der Waals surface area contributed by atoms with E-state index >= 15 is 0 Å². The number of nitrogens with one attached hydrogen (secondary N) is 2. The summed E-state index contributed by atoms with van der Waals surface area (Å²) in [5.41, 5.74) is 4.05. The summed E-state index contributed by atoms with van der Waals surface area (Å²) in [6.45, 7) is 3.36. The minimum atomic E-state index is -0.149. The maximum absolute atomic E-state index is 12.2. The predicted molar refractivity (Wildman–Crippen MR) is 112 cm³/mol. The van der Waals surface area contributed by atoms with Crippen LogP contribution in [0.3, 0.4) is 0 Å². The lowest BCUT2D eigenvalue weighted by molar-refractivity contribution is -0.114. The molecule has 1 heterocycles. The Bertz CT molecular complexity index is 975. The minimum absolute atomic E-state index is 0.138. The maximum atomic E-state index is 12.2. The lowest BCUT2D eigenvalue weighted by atomic mass is 10.1. The van der Waals surface area contributed by atoms with Crippen molar-refractivity contribution in [1.29, 1.82) is 0 Å². The standard InChI is InChI=1S/C21H20N4O2S/c1-14-12-19(16-6-4-3-5-7-16)25-21(22-14)28-13-20(27)24-18-10-8-17(9-11-18)23-15(2)26/h3-12H,13H2,1-2H3,(H,23,26)(H,24,27). The highest BCUT2D eigenvalue weighted by atomic mass is 32.2. The van der Waals surface area contributed by atoms with E-state index in [1.54, 1.807) is 24.3 Å². The molecular weight excluding hydrogens is 372 g/mol. The van der Waals surface area contributed by atoms with Gasteiger partial charge >= 0.3 is 0 Å². The smallest absolute Gasteiger partial charge is 0.234 e. The molecule has 0 aliphatic rings. The van der Waals surface area contributed by atoms with Gasteiger partial charge in [0.05, 0.1) is 11.4 Å². The monoisotopic (exact) mass is 392 g/mol. The van der Waals surface area contributed by atoms with Crippen LogP contribution < -0.4 is 10.6 Å². The summed E-state index contributed by atoms with van der Waals surface area (Å²) >= 11 is 1.29. The summed E-state index contributed by atoms with van der Waals surface area (Å²) in [6, 6.07) is 18.8. The number of aryl methyl sites for hydroxylation is 1. The first-order valence-corrected chi connectivity index (χ1v) is 9.69. The van der Waals surface area contributed by atoms with E-state index < -0.39 is 0 Å². The number of anilines is 2. The number of benzene rings is 2. The highest BCUT2D eigenvalue weighted by Gasteiger charge is 2.09. The predicted octanol–water partition coefficient (Wildman–Crippen LogP) is 4.14. The van der Waals surface area contributed by atoms with Gasteiger partial charge in [-0.2, -0.15) is 0 Å². The van der Waals surface area contributed by atoms with Gasteiger partial charge < -0.3 is 10.6 Å². The number of hydrogen-bond acceptors (Lipinski definition) is 5. The molecule has 7 heteroatoms. The maximum Gasteiger partial charge on any atom is 0.234 e. The van der Waals surface area contributed by atoms with Gasteiger partial charge in [0.25, 0.3) is 0 Å². The highest BCUT2D eigenvalue weighted by Crippen LogP contribution is 2.22. The average molecular weight is 392 g/mol. The Balaban J connectivity index is 1.60. The van der Waals surface area contributed by atoms with Crippen LogP contribution in [-0.2, 0) is 9.59 Å². The van der Waals surface area contributed by atoms with Gasteiger partial charge in [0.2, 0.25) is 11.8 Å². The Morgan fingerprint density at radius 1 is 0.929 bits per heavy atom. The number of aromatic nitrogens is 2. The van der Waals surface area contributed by atoms with Gasteiger partial charge in [-0.1, -0.05) is 42.1 Å². The zero-order chi connectivity index (χ0) is 19.9. The zero-order valence-electron chi connectivity index (χ0n) is 15.6. The van der Waals surface area contributed by atoms with Crippen molar-refractivity contribution in [3.05, 3.63) is 66.4 Å². The van der Waals surface area contributed by atoms with Gasteiger partial charge in [-0.05, 0) is 37.3 Å². The molecule has 0 atom stereocenters. The van der Waals surface area contributed by atoms with Gasteiger partial charge in [-0.3, -0.25) is 9.59 Å². The number of nitrogens with zero attached hydrogens (tertiary/aromatic N) is 2. The van der Waals surface area contributed by atoms with Crippen molar-refractivity contribution in [3.8, 4) is 11.3 Å². The fourth-order valence-electron chi connectivity index (χ4n) is 2.53. The normalized spacial score (nSPS) is 10.4. The molecule has 3 aromatic rings. The first-order chi connectivity index (χ1) is 13.5. The Hall–Kier alpha value is -3.19. The lowest BCUT2D eigenvalue weighted by Crippen LogP contribution is -2.14. The largest absolute Gasteiger partial charge is 0.326 e. The summed E-state index contributed by atoms with van der Waals surface area (Å²) in [5.74, 6) is -0.0876. The molecule has 3 rings (SSSR count). The van der Waals surface area contributed by atoms with E-state index in [-0.39, 0.29) is 17.6 Å². The van der Waals surface area contributed by atoms with Crippen molar-refractivity contribution in [2.45, 2.75) is 19.0 Å². The van der Waals surface area contributed by atoms with Gasteiger partial charge in [0.1, 0.15) is 0 Å². The molecule has 142 valence electrons. The molecule has 2 aromatic carbocycles. The van der Waals surface area contributed by atoms with Crippen molar-refractivity contribution < 1.29 is 9.59 Å². The first kappa shape index (κ1) is 19.6. The molecule has 0 aliphatic carbocycles. The van der Waals surface area contributed by atoms with Crippen molar-refractivity contribution >= 4 is 35.0 Å². The summed E-state index contributed by atoms with van der Waals surface area (Å²) in [4.78, 5) is 32.2. The number of hydrogen-bond donors (Lipinski definition) is 2. The highest BCUT2D eigenvalue weighted by molar-refractivity contribution is 7.99. The second-order valence-electron chi connectivity index (χ2n) is 6.14. The molecule has 6 nitrogen and oxygen atoms in total. The number of thioether (sulfide) groups is 1. The molecule has 0 aliphatic heterocycles. The van der Waals surface area contributed by atoms with E-state index in [1.807, 2.05) is 43.3 Å². The molecule has 2 amide bonds. The molecule has 28 heavy (non-hydrogen) atoms. The number of rotatable bonds is 6. The van der Waals surface area contributed by atoms with Gasteiger partial charge in [-0.15, -0.1) is 0 Å². The molecular formula is C21H20N4O2S. The summed E-state index contributed by atoms with van der Waals surface area (Å²) in [5, 5.41) is 6.07. The molecule has 0 spiro atoms. The van der Waals surface area contributed by atoms with Crippen molar-refractivity contribution in [2.24, 2.45) is 0 Å². The molecule has 0 fully saturated rings. The Labute approximate surface area is 167 Å². The van der Waals surface area contributed by atoms with E-state index in [0.717, 1.165) is 17.0 Å². The quantitative estimate of drug-likeness (QED) is 0.486. The summed E-state index contributed by atoms with van der Waals surface area (Å²) in [6.07, 6.45) is 0. The van der Waals surface area contributed by atoms with Crippen molar-refractivity contribution in [3.63, 3.8) is 0 Å². The van der Waals surface area contributed by atoms with Crippen LogP contribution in [0.5, 0.6) is 0 Å². The second kappa shape index (κ2) is 9.14. The third-order valence-electron chi connectivity index (χ3n) is 3.72. The van der Waals surface area contributed by atoms with Crippen molar-refractivity contribution in [1.82, 2.24) is 9.97 Å².